The van der Waals surface area contributed by atoms with Gasteiger partial charge in [-0.3, -0.25) is 0 Å². The summed E-state index contributed by atoms with van der Waals surface area (Å²) in [5.74, 6) is -0.981. The first kappa shape index (κ1) is 9.02. The van der Waals surface area contributed by atoms with Crippen molar-refractivity contribution in [1.82, 2.24) is 0 Å². The Kier molecular flexibility index (Phi) is 1.93. The minimum Gasteiger partial charge on any atom is -0.478 e. The van der Waals surface area contributed by atoms with Crippen LogP contribution in [0.5, 0.6) is 0 Å². The van der Waals surface area contributed by atoms with Gasteiger partial charge in [-0.25, -0.2) is 4.79 Å². The van der Waals surface area contributed by atoms with Crippen LogP contribution < -0.4 is 11.5 Å². The van der Waals surface area contributed by atoms with Gasteiger partial charge in [-0.1, -0.05) is 0 Å². The molecule has 5 N–H and O–H groups in total. The number of fused-ring (bicyclic) bond motifs is 1. The van der Waals surface area contributed by atoms with Gasteiger partial charge in [-0.15, -0.1) is 0 Å². The first-order chi connectivity index (χ1) is 6.59. The van der Waals surface area contributed by atoms with Gasteiger partial charge < -0.3 is 16.6 Å². The van der Waals surface area contributed by atoms with Gasteiger partial charge in [0.1, 0.15) is 0 Å². The van der Waals surface area contributed by atoms with E-state index in [1.807, 2.05) is 0 Å². The smallest absolute Gasteiger partial charge is 0.337 e. The Morgan fingerprint density at radius 3 is 2.86 bits per heavy atom. The zero-order valence-electron chi connectivity index (χ0n) is 7.66. The Balaban J connectivity index is 2.55. The van der Waals surface area contributed by atoms with Gasteiger partial charge in [0.05, 0.1) is 5.56 Å². The van der Waals surface area contributed by atoms with Crippen molar-refractivity contribution in [3.63, 3.8) is 0 Å². The molecule has 74 valence electrons. The SMILES string of the molecule is Nc1cc2c(cc1C(=O)O)CC[C@@H]2N. The molecule has 0 radical (unpaired) electrons. The van der Waals surface area contributed by atoms with E-state index in [2.05, 4.69) is 0 Å². The van der Waals surface area contributed by atoms with E-state index in [1.165, 1.54) is 0 Å². The molecule has 1 atom stereocenters. The van der Waals surface area contributed by atoms with Crippen molar-refractivity contribution in [3.05, 3.63) is 28.8 Å². The van der Waals surface area contributed by atoms with Crippen LogP contribution in [0, 0.1) is 0 Å². The average Bonchev–Trinajstić information content (AvgIpc) is 2.46. The van der Waals surface area contributed by atoms with Crippen LogP contribution >= 0.6 is 0 Å². The molecule has 0 spiro atoms. The molecule has 0 bridgehead atoms. The summed E-state index contributed by atoms with van der Waals surface area (Å²) in [5, 5.41) is 8.85. The molecule has 0 aliphatic heterocycles. The summed E-state index contributed by atoms with van der Waals surface area (Å²) >= 11 is 0. The summed E-state index contributed by atoms with van der Waals surface area (Å²) in [6.07, 6.45) is 1.72. The number of aromatic carboxylic acids is 1. The number of hydrogen-bond acceptors (Lipinski definition) is 3. The van der Waals surface area contributed by atoms with Crippen LogP contribution in [0.1, 0.15) is 33.9 Å². The van der Waals surface area contributed by atoms with Crippen LogP contribution in [0.2, 0.25) is 0 Å². The molecule has 1 aromatic carbocycles. The Bertz CT molecular complexity index is 401. The summed E-state index contributed by atoms with van der Waals surface area (Å²) in [7, 11) is 0. The largest absolute Gasteiger partial charge is 0.478 e. The van der Waals surface area contributed by atoms with E-state index in [4.69, 9.17) is 16.6 Å². The Morgan fingerprint density at radius 2 is 2.21 bits per heavy atom. The third-order valence-corrected chi connectivity index (χ3v) is 2.67. The molecule has 4 heteroatoms. The zero-order chi connectivity index (χ0) is 10.3. The predicted octanol–water partition coefficient (Wildman–Crippen LogP) is 0.913. The molecule has 2 rings (SSSR count). The standard InChI is InChI=1S/C10H12N2O2/c11-8-2-1-5-3-7(10(13)14)9(12)4-6(5)8/h3-4,8H,1-2,11-12H2,(H,13,14)/t8-/m0/s1. The van der Waals surface area contributed by atoms with E-state index >= 15 is 0 Å². The van der Waals surface area contributed by atoms with E-state index in [9.17, 15) is 4.79 Å². The maximum absolute atomic E-state index is 10.8. The quantitative estimate of drug-likeness (QED) is 0.577. The van der Waals surface area contributed by atoms with Crippen molar-refractivity contribution < 1.29 is 9.90 Å². The maximum Gasteiger partial charge on any atom is 0.337 e. The molecule has 1 aliphatic rings. The van der Waals surface area contributed by atoms with E-state index in [-0.39, 0.29) is 11.6 Å². The van der Waals surface area contributed by atoms with E-state index < -0.39 is 5.97 Å². The molecule has 1 aromatic rings. The number of carbonyl (C=O) groups is 1. The number of carboxylic acids is 1. The molecule has 0 unspecified atom stereocenters. The first-order valence-electron chi connectivity index (χ1n) is 4.50. The number of rotatable bonds is 1. The number of nitrogens with two attached hydrogens (primary N) is 2. The number of anilines is 1. The average molecular weight is 192 g/mol. The van der Waals surface area contributed by atoms with Crippen molar-refractivity contribution in [3.8, 4) is 0 Å². The molecule has 0 heterocycles. The fourth-order valence-corrected chi connectivity index (χ4v) is 1.89. The fourth-order valence-electron chi connectivity index (χ4n) is 1.89. The molecule has 0 saturated carbocycles. The fraction of sp³-hybridized carbons (Fsp3) is 0.300. The van der Waals surface area contributed by atoms with Gasteiger partial charge in [-0.2, -0.15) is 0 Å². The molecule has 0 amide bonds. The number of nitrogen functional groups attached to an aromatic ring is 1. The summed E-state index contributed by atoms with van der Waals surface area (Å²) < 4.78 is 0. The lowest BCUT2D eigenvalue weighted by Gasteiger charge is -2.07. The second-order valence-corrected chi connectivity index (χ2v) is 3.59. The van der Waals surface area contributed by atoms with Crippen molar-refractivity contribution >= 4 is 11.7 Å². The Morgan fingerprint density at radius 1 is 1.50 bits per heavy atom. The van der Waals surface area contributed by atoms with Gasteiger partial charge in [-0.05, 0) is 36.1 Å². The molecule has 0 fully saturated rings. The van der Waals surface area contributed by atoms with Crippen LogP contribution in [0.3, 0.4) is 0 Å². The van der Waals surface area contributed by atoms with Crippen molar-refractivity contribution in [2.75, 3.05) is 5.73 Å². The zero-order valence-corrected chi connectivity index (χ0v) is 7.66. The third kappa shape index (κ3) is 1.24. The van der Waals surface area contributed by atoms with Crippen LogP contribution in [-0.4, -0.2) is 11.1 Å². The number of hydrogen-bond donors (Lipinski definition) is 3. The second-order valence-electron chi connectivity index (χ2n) is 3.59. The highest BCUT2D eigenvalue weighted by Crippen LogP contribution is 2.32. The van der Waals surface area contributed by atoms with Gasteiger partial charge >= 0.3 is 5.97 Å². The number of carboxylic acid groups (broad SMARTS) is 1. The molecule has 4 nitrogen and oxygen atoms in total. The lowest BCUT2D eigenvalue weighted by Crippen LogP contribution is -2.08. The van der Waals surface area contributed by atoms with E-state index in [0.29, 0.717) is 5.69 Å². The van der Waals surface area contributed by atoms with Crippen molar-refractivity contribution in [2.24, 2.45) is 5.73 Å². The van der Waals surface area contributed by atoms with Gasteiger partial charge in [0.2, 0.25) is 0 Å². The lowest BCUT2D eigenvalue weighted by atomic mass is 10.0. The monoisotopic (exact) mass is 192 g/mol. The van der Waals surface area contributed by atoms with Gasteiger partial charge in [0, 0.05) is 11.7 Å². The molecular formula is C10H12N2O2. The van der Waals surface area contributed by atoms with Crippen LogP contribution in [0.4, 0.5) is 5.69 Å². The maximum atomic E-state index is 10.8. The first-order valence-corrected chi connectivity index (χ1v) is 4.50. The van der Waals surface area contributed by atoms with E-state index in [1.54, 1.807) is 12.1 Å². The minimum atomic E-state index is -0.981. The van der Waals surface area contributed by atoms with Crippen LogP contribution in [0.25, 0.3) is 0 Å². The van der Waals surface area contributed by atoms with E-state index in [0.717, 1.165) is 24.0 Å². The predicted molar refractivity (Wildman–Crippen MR) is 53.1 cm³/mol. The Hall–Kier alpha value is -1.55. The topological polar surface area (TPSA) is 89.3 Å². The van der Waals surface area contributed by atoms with Gasteiger partial charge in [0.25, 0.3) is 0 Å². The molecular weight excluding hydrogens is 180 g/mol. The van der Waals surface area contributed by atoms with Crippen molar-refractivity contribution in [2.45, 2.75) is 18.9 Å². The van der Waals surface area contributed by atoms with Crippen molar-refractivity contribution in [1.29, 1.82) is 0 Å². The summed E-state index contributed by atoms with van der Waals surface area (Å²) in [6.45, 7) is 0. The van der Waals surface area contributed by atoms with Crippen LogP contribution in [0.15, 0.2) is 12.1 Å². The van der Waals surface area contributed by atoms with Gasteiger partial charge in [0.15, 0.2) is 0 Å². The second kappa shape index (κ2) is 2.99. The summed E-state index contributed by atoms with van der Waals surface area (Å²) in [6, 6.07) is 3.34. The molecule has 0 saturated heterocycles. The molecule has 1 aliphatic carbocycles. The molecule has 0 aromatic heterocycles. The Labute approximate surface area is 81.5 Å². The molecule has 14 heavy (non-hydrogen) atoms. The number of aryl methyl sites for hydroxylation is 1. The third-order valence-electron chi connectivity index (χ3n) is 2.67. The number of benzene rings is 1. The summed E-state index contributed by atoms with van der Waals surface area (Å²) in [4.78, 5) is 10.8. The highest BCUT2D eigenvalue weighted by Gasteiger charge is 2.22. The lowest BCUT2D eigenvalue weighted by molar-refractivity contribution is 0.0698. The minimum absolute atomic E-state index is 0.00939. The summed E-state index contributed by atoms with van der Waals surface area (Å²) in [5.41, 5.74) is 13.9. The normalized spacial score (nSPS) is 19.4. The highest BCUT2D eigenvalue weighted by atomic mass is 16.4. The van der Waals surface area contributed by atoms with Crippen LogP contribution in [-0.2, 0) is 6.42 Å². The highest BCUT2D eigenvalue weighted by molar-refractivity contribution is 5.94.